The smallest absolute Gasteiger partial charge is 0.348 e. The van der Waals surface area contributed by atoms with Gasteiger partial charge in [0, 0.05) is 24.4 Å². The number of esters is 2. The summed E-state index contributed by atoms with van der Waals surface area (Å²) in [4.78, 5) is 29.1. The first-order chi connectivity index (χ1) is 13.2. The Kier molecular flexibility index (Phi) is 4.66. The maximum Gasteiger partial charge on any atom is 0.348 e. The van der Waals surface area contributed by atoms with Crippen LogP contribution < -0.4 is 0 Å². The molecule has 0 N–H and O–H groups in total. The number of nitrogens with zero attached hydrogens (tertiary/aromatic N) is 1. The van der Waals surface area contributed by atoms with Crippen LogP contribution in [0, 0.1) is 0 Å². The zero-order chi connectivity index (χ0) is 18.6. The number of hydrogen-bond acceptors (Lipinski definition) is 5. The van der Waals surface area contributed by atoms with E-state index in [0.717, 1.165) is 16.7 Å². The topological polar surface area (TPSA) is 65.5 Å². The van der Waals surface area contributed by atoms with Gasteiger partial charge >= 0.3 is 11.9 Å². The third kappa shape index (κ3) is 3.58. The van der Waals surface area contributed by atoms with Gasteiger partial charge in [-0.15, -0.1) is 0 Å². The molecule has 1 aromatic heterocycles. The third-order valence-corrected chi connectivity index (χ3v) is 4.48. The molecule has 0 amide bonds. The van der Waals surface area contributed by atoms with E-state index in [9.17, 15) is 9.59 Å². The monoisotopic (exact) mass is 359 g/mol. The van der Waals surface area contributed by atoms with Gasteiger partial charge in [-0.25, -0.2) is 9.59 Å². The summed E-state index contributed by atoms with van der Waals surface area (Å²) in [5.41, 5.74) is 2.85. The first-order valence-corrected chi connectivity index (χ1v) is 8.66. The van der Waals surface area contributed by atoms with Gasteiger partial charge in [0.25, 0.3) is 0 Å². The molecule has 0 radical (unpaired) electrons. The van der Waals surface area contributed by atoms with Gasteiger partial charge in [-0.05, 0) is 23.3 Å². The van der Waals surface area contributed by atoms with E-state index >= 15 is 0 Å². The molecule has 0 aliphatic carbocycles. The Bertz CT molecular complexity index is 917. The van der Waals surface area contributed by atoms with E-state index in [1.807, 2.05) is 48.5 Å². The Morgan fingerprint density at radius 1 is 1.00 bits per heavy atom. The second-order valence-corrected chi connectivity index (χ2v) is 6.27. The summed E-state index contributed by atoms with van der Waals surface area (Å²) in [6.45, 7) is 0. The van der Waals surface area contributed by atoms with Crippen LogP contribution in [0.5, 0.6) is 0 Å². The van der Waals surface area contributed by atoms with Crippen LogP contribution in [0.1, 0.15) is 33.2 Å². The van der Waals surface area contributed by atoms with Crippen LogP contribution in [0.3, 0.4) is 0 Å². The van der Waals surface area contributed by atoms with Crippen molar-refractivity contribution >= 4 is 11.9 Å². The normalized spacial score (nSPS) is 16.7. The predicted octanol–water partition coefficient (Wildman–Crippen LogP) is 3.50. The van der Waals surface area contributed by atoms with E-state index in [1.54, 1.807) is 30.6 Å². The van der Waals surface area contributed by atoms with Crippen LogP contribution in [-0.4, -0.2) is 23.0 Å². The lowest BCUT2D eigenvalue weighted by Gasteiger charge is -2.26. The molecule has 2 atom stereocenters. The number of pyridine rings is 1. The number of cyclic esters (lactones) is 1. The number of fused-ring (bicyclic) bond motifs is 1. The fourth-order valence-electron chi connectivity index (χ4n) is 3.14. The molecule has 5 heteroatoms. The van der Waals surface area contributed by atoms with Crippen LogP contribution in [0.15, 0.2) is 79.1 Å². The average Bonchev–Trinajstić information content (AvgIpc) is 2.73. The highest BCUT2D eigenvalue weighted by Gasteiger charge is 2.34. The molecule has 27 heavy (non-hydrogen) atoms. The minimum atomic E-state index is -0.963. The minimum Gasteiger partial charge on any atom is -0.450 e. The molecule has 0 saturated heterocycles. The molecule has 0 saturated carbocycles. The average molecular weight is 359 g/mol. The predicted molar refractivity (Wildman–Crippen MR) is 98.0 cm³/mol. The van der Waals surface area contributed by atoms with Crippen molar-refractivity contribution in [3.63, 3.8) is 0 Å². The summed E-state index contributed by atoms with van der Waals surface area (Å²) in [5, 5.41) is 0. The molecule has 0 spiro atoms. The van der Waals surface area contributed by atoms with Gasteiger partial charge in [0.05, 0.1) is 5.56 Å². The van der Waals surface area contributed by atoms with E-state index in [4.69, 9.17) is 9.47 Å². The lowest BCUT2D eigenvalue weighted by atomic mass is 9.98. The summed E-state index contributed by atoms with van der Waals surface area (Å²) in [5.74, 6) is -1.08. The fraction of sp³-hybridized carbons (Fsp3) is 0.136. The van der Waals surface area contributed by atoms with E-state index in [0.29, 0.717) is 12.0 Å². The summed E-state index contributed by atoms with van der Waals surface area (Å²) < 4.78 is 11.1. The van der Waals surface area contributed by atoms with Crippen molar-refractivity contribution in [2.24, 2.45) is 0 Å². The van der Waals surface area contributed by atoms with E-state index < -0.39 is 24.1 Å². The highest BCUT2D eigenvalue weighted by molar-refractivity contribution is 5.94. The van der Waals surface area contributed by atoms with Crippen molar-refractivity contribution in [3.8, 4) is 0 Å². The zero-order valence-electron chi connectivity index (χ0n) is 14.4. The molecule has 1 aliphatic heterocycles. The largest absolute Gasteiger partial charge is 0.450 e. The first kappa shape index (κ1) is 17.0. The second kappa shape index (κ2) is 7.41. The molecule has 4 rings (SSSR count). The number of aromatic nitrogens is 1. The number of carbonyl (C=O) groups excluding carboxylic acids is 2. The molecule has 1 aliphatic rings. The minimum absolute atomic E-state index is 0.301. The Hall–Kier alpha value is -3.47. The van der Waals surface area contributed by atoms with E-state index in [1.165, 1.54) is 0 Å². The fourth-order valence-corrected chi connectivity index (χ4v) is 3.14. The summed E-state index contributed by atoms with van der Waals surface area (Å²) >= 11 is 0. The molecule has 2 unspecified atom stereocenters. The van der Waals surface area contributed by atoms with Gasteiger partial charge in [0.15, 0.2) is 6.10 Å². The van der Waals surface area contributed by atoms with Crippen LogP contribution in [-0.2, 0) is 20.7 Å². The quantitative estimate of drug-likeness (QED) is 0.667. The van der Waals surface area contributed by atoms with Gasteiger partial charge in [-0.3, -0.25) is 4.98 Å². The van der Waals surface area contributed by atoms with Gasteiger partial charge in [0.1, 0.15) is 0 Å². The van der Waals surface area contributed by atoms with Crippen molar-refractivity contribution in [1.29, 1.82) is 0 Å². The van der Waals surface area contributed by atoms with Gasteiger partial charge < -0.3 is 9.47 Å². The molecular weight excluding hydrogens is 342 g/mol. The Morgan fingerprint density at radius 3 is 2.52 bits per heavy atom. The van der Waals surface area contributed by atoms with Crippen molar-refractivity contribution in [2.75, 3.05) is 0 Å². The van der Waals surface area contributed by atoms with E-state index in [2.05, 4.69) is 4.98 Å². The number of carbonyl (C=O) groups is 2. The van der Waals surface area contributed by atoms with Crippen LogP contribution >= 0.6 is 0 Å². The maximum absolute atomic E-state index is 12.8. The SMILES string of the molecule is O=C1OC(C(=O)OC(c2ccccc2)c2cccnc2)Cc2ccccc21. The van der Waals surface area contributed by atoms with Crippen molar-refractivity contribution < 1.29 is 19.1 Å². The molecule has 0 bridgehead atoms. The molecule has 0 fully saturated rings. The maximum atomic E-state index is 12.8. The zero-order valence-corrected chi connectivity index (χ0v) is 14.4. The standard InChI is InChI=1S/C22H17NO4/c24-21-18-11-5-4-9-16(18)13-19(26-21)22(25)27-20(15-7-2-1-3-8-15)17-10-6-12-23-14-17/h1-12,14,19-20H,13H2. The number of benzene rings is 2. The summed E-state index contributed by atoms with van der Waals surface area (Å²) in [7, 11) is 0. The lowest BCUT2D eigenvalue weighted by Crippen LogP contribution is -2.36. The Balaban J connectivity index is 1.59. The molecular formula is C22H17NO4. The number of hydrogen-bond donors (Lipinski definition) is 0. The Labute approximate surface area is 156 Å². The highest BCUT2D eigenvalue weighted by atomic mass is 16.6. The first-order valence-electron chi connectivity index (χ1n) is 8.66. The van der Waals surface area contributed by atoms with Gasteiger partial charge in [0.2, 0.25) is 6.10 Å². The van der Waals surface area contributed by atoms with Crippen LogP contribution in [0.2, 0.25) is 0 Å². The van der Waals surface area contributed by atoms with Gasteiger partial charge in [-0.2, -0.15) is 0 Å². The lowest BCUT2D eigenvalue weighted by molar-refractivity contribution is -0.158. The van der Waals surface area contributed by atoms with Gasteiger partial charge in [-0.1, -0.05) is 54.6 Å². The number of rotatable bonds is 4. The molecule has 5 nitrogen and oxygen atoms in total. The molecule has 2 heterocycles. The Morgan fingerprint density at radius 2 is 1.74 bits per heavy atom. The van der Waals surface area contributed by atoms with E-state index in [-0.39, 0.29) is 0 Å². The summed E-state index contributed by atoms with van der Waals surface area (Å²) in [6.07, 6.45) is 2.04. The molecule has 2 aromatic carbocycles. The molecule has 3 aromatic rings. The van der Waals surface area contributed by atoms with Crippen molar-refractivity contribution in [3.05, 3.63) is 101 Å². The summed E-state index contributed by atoms with van der Waals surface area (Å²) in [6, 6.07) is 20.2. The number of ether oxygens (including phenoxy) is 2. The highest BCUT2D eigenvalue weighted by Crippen LogP contribution is 2.28. The van der Waals surface area contributed by atoms with Crippen LogP contribution in [0.4, 0.5) is 0 Å². The van der Waals surface area contributed by atoms with Crippen molar-refractivity contribution in [2.45, 2.75) is 18.6 Å². The second-order valence-electron chi connectivity index (χ2n) is 6.27. The van der Waals surface area contributed by atoms with Crippen molar-refractivity contribution in [1.82, 2.24) is 4.98 Å². The molecule has 134 valence electrons. The van der Waals surface area contributed by atoms with Crippen LogP contribution in [0.25, 0.3) is 0 Å². The third-order valence-electron chi connectivity index (χ3n) is 4.48.